The number of hydrogen-bond donors (Lipinski definition) is 1. The summed E-state index contributed by atoms with van der Waals surface area (Å²) in [5.41, 5.74) is 0.743. The van der Waals surface area contributed by atoms with E-state index in [4.69, 9.17) is 0 Å². The van der Waals surface area contributed by atoms with E-state index in [0.717, 1.165) is 23.3 Å². The van der Waals surface area contributed by atoms with Gasteiger partial charge in [0.05, 0.1) is 5.56 Å². The van der Waals surface area contributed by atoms with E-state index >= 15 is 0 Å². The minimum atomic E-state index is -4.32. The van der Waals surface area contributed by atoms with Crippen LogP contribution in [0.15, 0.2) is 47.4 Å². The monoisotopic (exact) mass is 267 g/mol. The fourth-order valence-electron chi connectivity index (χ4n) is 1.85. The van der Waals surface area contributed by atoms with Gasteiger partial charge in [-0.1, -0.05) is 25.1 Å². The first-order chi connectivity index (χ1) is 8.88. The van der Waals surface area contributed by atoms with E-state index in [1.807, 2.05) is 6.92 Å². The van der Waals surface area contributed by atoms with Crippen LogP contribution in [0.3, 0.4) is 0 Å². The Morgan fingerprint density at radius 3 is 2.05 bits per heavy atom. The van der Waals surface area contributed by atoms with Gasteiger partial charge in [0.15, 0.2) is 0 Å². The quantitative estimate of drug-likeness (QED) is 0.886. The van der Waals surface area contributed by atoms with Crippen LogP contribution >= 0.6 is 0 Å². The summed E-state index contributed by atoms with van der Waals surface area (Å²) < 4.78 is 37.3. The van der Waals surface area contributed by atoms with Crippen LogP contribution in [0.5, 0.6) is 0 Å². The van der Waals surface area contributed by atoms with E-state index in [0.29, 0.717) is 0 Å². The standard InChI is InChI=1S/C14H12F3NO/c1-9(11-4-7-13(19)18-8-11)10-2-5-12(6-3-10)14(15,16)17/h2-9H,1H3,(H,18,19). The molecule has 1 unspecified atom stereocenters. The van der Waals surface area contributed by atoms with Gasteiger partial charge in [-0.05, 0) is 23.3 Å². The summed E-state index contributed by atoms with van der Waals surface area (Å²) in [5, 5.41) is 0. The lowest BCUT2D eigenvalue weighted by atomic mass is 9.94. The molecule has 1 atom stereocenters. The Balaban J connectivity index is 2.27. The highest BCUT2D eigenvalue weighted by atomic mass is 19.4. The predicted octanol–water partition coefficient (Wildman–Crippen LogP) is 3.55. The first-order valence-electron chi connectivity index (χ1n) is 5.74. The van der Waals surface area contributed by atoms with Gasteiger partial charge in [-0.3, -0.25) is 4.79 Å². The van der Waals surface area contributed by atoms with Crippen molar-refractivity contribution >= 4 is 0 Å². The second-order valence-electron chi connectivity index (χ2n) is 4.33. The Morgan fingerprint density at radius 1 is 1.00 bits per heavy atom. The molecule has 0 aliphatic rings. The van der Waals surface area contributed by atoms with E-state index in [9.17, 15) is 18.0 Å². The molecule has 0 amide bonds. The SMILES string of the molecule is CC(c1ccc(C(F)(F)F)cc1)c1ccc(=O)[nH]c1. The zero-order chi connectivity index (χ0) is 14.0. The molecule has 0 aliphatic carbocycles. The molecule has 0 spiro atoms. The predicted molar refractivity (Wildman–Crippen MR) is 66.0 cm³/mol. The number of nitrogens with one attached hydrogen (secondary N) is 1. The van der Waals surface area contributed by atoms with Crippen LogP contribution in [0, 0.1) is 0 Å². The largest absolute Gasteiger partial charge is 0.416 e. The Kier molecular flexibility index (Phi) is 3.46. The van der Waals surface area contributed by atoms with Gasteiger partial charge < -0.3 is 4.98 Å². The van der Waals surface area contributed by atoms with E-state index in [1.165, 1.54) is 18.2 Å². The molecule has 2 aromatic rings. The third-order valence-electron chi connectivity index (χ3n) is 3.05. The second kappa shape index (κ2) is 4.91. The normalized spacial score (nSPS) is 13.3. The molecule has 1 heterocycles. The molecule has 2 nitrogen and oxygen atoms in total. The van der Waals surface area contributed by atoms with Crippen LogP contribution in [0.2, 0.25) is 0 Å². The van der Waals surface area contributed by atoms with Crippen molar-refractivity contribution in [2.75, 3.05) is 0 Å². The molecule has 0 saturated heterocycles. The summed E-state index contributed by atoms with van der Waals surface area (Å²) in [6.07, 6.45) is -2.75. The number of H-pyrrole nitrogens is 1. The average molecular weight is 267 g/mol. The van der Waals surface area contributed by atoms with Crippen molar-refractivity contribution in [2.45, 2.75) is 19.0 Å². The Morgan fingerprint density at radius 2 is 1.58 bits per heavy atom. The molecule has 0 bridgehead atoms. The Bertz CT molecular complexity index is 593. The molecule has 100 valence electrons. The minimum absolute atomic E-state index is 0.0841. The fraction of sp³-hybridized carbons (Fsp3) is 0.214. The summed E-state index contributed by atoms with van der Waals surface area (Å²) >= 11 is 0. The third kappa shape index (κ3) is 3.05. The zero-order valence-electron chi connectivity index (χ0n) is 10.2. The first kappa shape index (κ1) is 13.4. The molecule has 0 saturated carbocycles. The summed E-state index contributed by atoms with van der Waals surface area (Å²) in [7, 11) is 0. The first-order valence-corrected chi connectivity index (χ1v) is 5.74. The van der Waals surface area contributed by atoms with Gasteiger partial charge in [-0.2, -0.15) is 13.2 Å². The maximum Gasteiger partial charge on any atom is 0.416 e. The molecular weight excluding hydrogens is 255 g/mol. The van der Waals surface area contributed by atoms with Crippen molar-refractivity contribution in [3.8, 4) is 0 Å². The van der Waals surface area contributed by atoms with E-state index < -0.39 is 11.7 Å². The van der Waals surface area contributed by atoms with E-state index in [2.05, 4.69) is 4.98 Å². The zero-order valence-corrected chi connectivity index (χ0v) is 10.2. The van der Waals surface area contributed by atoms with Crippen LogP contribution < -0.4 is 5.56 Å². The summed E-state index contributed by atoms with van der Waals surface area (Å²) in [6.45, 7) is 1.87. The number of alkyl halides is 3. The number of hydrogen-bond acceptors (Lipinski definition) is 1. The van der Waals surface area contributed by atoms with Crippen LogP contribution in [-0.4, -0.2) is 4.98 Å². The van der Waals surface area contributed by atoms with Gasteiger partial charge in [-0.25, -0.2) is 0 Å². The number of halogens is 3. The lowest BCUT2D eigenvalue weighted by Crippen LogP contribution is -2.07. The van der Waals surface area contributed by atoms with Gasteiger partial charge >= 0.3 is 6.18 Å². The number of benzene rings is 1. The number of pyridine rings is 1. The summed E-state index contributed by atoms with van der Waals surface area (Å²) in [5.74, 6) is -0.0841. The molecular formula is C14H12F3NO. The van der Waals surface area contributed by atoms with E-state index in [-0.39, 0.29) is 11.5 Å². The maximum atomic E-state index is 12.4. The lowest BCUT2D eigenvalue weighted by molar-refractivity contribution is -0.137. The molecule has 0 fully saturated rings. The molecule has 2 rings (SSSR count). The Labute approximate surface area is 107 Å². The minimum Gasteiger partial charge on any atom is -0.329 e. The number of aromatic nitrogens is 1. The topological polar surface area (TPSA) is 32.9 Å². The van der Waals surface area contributed by atoms with Crippen molar-refractivity contribution in [3.63, 3.8) is 0 Å². The van der Waals surface area contributed by atoms with Gasteiger partial charge in [0.1, 0.15) is 0 Å². The summed E-state index contributed by atoms with van der Waals surface area (Å²) in [4.78, 5) is 13.5. The van der Waals surface area contributed by atoms with Crippen LogP contribution in [0.4, 0.5) is 13.2 Å². The number of aromatic amines is 1. The summed E-state index contributed by atoms with van der Waals surface area (Å²) in [6, 6.07) is 8.11. The van der Waals surface area contributed by atoms with Gasteiger partial charge in [0.2, 0.25) is 5.56 Å². The maximum absolute atomic E-state index is 12.4. The Hall–Kier alpha value is -2.04. The molecule has 1 aromatic carbocycles. The van der Waals surface area contributed by atoms with Crippen molar-refractivity contribution in [1.29, 1.82) is 0 Å². The van der Waals surface area contributed by atoms with E-state index in [1.54, 1.807) is 12.3 Å². The van der Waals surface area contributed by atoms with Crippen LogP contribution in [0.1, 0.15) is 29.5 Å². The second-order valence-corrected chi connectivity index (χ2v) is 4.33. The molecule has 19 heavy (non-hydrogen) atoms. The van der Waals surface area contributed by atoms with Crippen LogP contribution in [0.25, 0.3) is 0 Å². The highest BCUT2D eigenvalue weighted by Crippen LogP contribution is 2.31. The highest BCUT2D eigenvalue weighted by molar-refractivity contribution is 5.32. The van der Waals surface area contributed by atoms with Gasteiger partial charge in [0, 0.05) is 18.2 Å². The molecule has 0 aliphatic heterocycles. The molecule has 5 heteroatoms. The highest BCUT2D eigenvalue weighted by Gasteiger charge is 2.30. The average Bonchev–Trinajstić information content (AvgIpc) is 2.38. The van der Waals surface area contributed by atoms with Crippen LogP contribution in [-0.2, 0) is 6.18 Å². The van der Waals surface area contributed by atoms with Gasteiger partial charge in [-0.15, -0.1) is 0 Å². The lowest BCUT2D eigenvalue weighted by Gasteiger charge is -2.13. The van der Waals surface area contributed by atoms with Crippen molar-refractivity contribution < 1.29 is 13.2 Å². The van der Waals surface area contributed by atoms with Gasteiger partial charge in [0.25, 0.3) is 0 Å². The van der Waals surface area contributed by atoms with Crippen molar-refractivity contribution in [1.82, 2.24) is 4.98 Å². The number of rotatable bonds is 2. The third-order valence-corrected chi connectivity index (χ3v) is 3.05. The molecule has 1 aromatic heterocycles. The molecule has 0 radical (unpaired) electrons. The van der Waals surface area contributed by atoms with Crippen molar-refractivity contribution in [3.05, 3.63) is 69.6 Å². The molecule has 1 N–H and O–H groups in total. The fourth-order valence-corrected chi connectivity index (χ4v) is 1.85. The smallest absolute Gasteiger partial charge is 0.329 e. The van der Waals surface area contributed by atoms with Crippen molar-refractivity contribution in [2.24, 2.45) is 0 Å².